The van der Waals surface area contributed by atoms with Crippen LogP contribution in [0.5, 0.6) is 0 Å². The summed E-state index contributed by atoms with van der Waals surface area (Å²) >= 11 is 0. The van der Waals surface area contributed by atoms with Crippen LogP contribution in [-0.2, 0) is 0 Å². The van der Waals surface area contributed by atoms with E-state index in [1.807, 2.05) is 37.3 Å². The van der Waals surface area contributed by atoms with Gasteiger partial charge in [-0.3, -0.25) is 4.98 Å². The molecule has 0 spiro atoms. The largest absolute Gasteiger partial charge is 0.398 e. The monoisotopic (exact) mass is 250 g/mol. The SMILES string of the molecule is Cc1[nH]c(-c2cnccc2N)nc1-c1ccccc1. The summed E-state index contributed by atoms with van der Waals surface area (Å²) in [4.78, 5) is 12.0. The van der Waals surface area contributed by atoms with Gasteiger partial charge in [0.15, 0.2) is 0 Å². The Balaban J connectivity index is 2.10. The zero-order valence-electron chi connectivity index (χ0n) is 10.6. The molecule has 0 bridgehead atoms. The Hall–Kier alpha value is -2.62. The van der Waals surface area contributed by atoms with Crippen LogP contribution in [0.1, 0.15) is 5.69 Å². The number of nitrogens with one attached hydrogen (secondary N) is 1. The Morgan fingerprint density at radius 3 is 2.63 bits per heavy atom. The van der Waals surface area contributed by atoms with Crippen LogP contribution in [0.2, 0.25) is 0 Å². The lowest BCUT2D eigenvalue weighted by Crippen LogP contribution is -1.92. The highest BCUT2D eigenvalue weighted by Gasteiger charge is 2.11. The maximum atomic E-state index is 5.95. The Bertz CT molecular complexity index is 701. The average molecular weight is 250 g/mol. The minimum Gasteiger partial charge on any atom is -0.398 e. The van der Waals surface area contributed by atoms with Crippen molar-refractivity contribution in [2.75, 3.05) is 5.73 Å². The summed E-state index contributed by atoms with van der Waals surface area (Å²) in [7, 11) is 0. The van der Waals surface area contributed by atoms with E-state index in [0.29, 0.717) is 5.69 Å². The Labute approximate surface area is 111 Å². The molecular weight excluding hydrogens is 236 g/mol. The molecule has 0 saturated heterocycles. The van der Waals surface area contributed by atoms with Crippen LogP contribution in [0.4, 0.5) is 5.69 Å². The van der Waals surface area contributed by atoms with Gasteiger partial charge in [0.25, 0.3) is 0 Å². The van der Waals surface area contributed by atoms with Gasteiger partial charge >= 0.3 is 0 Å². The molecule has 0 atom stereocenters. The van der Waals surface area contributed by atoms with E-state index < -0.39 is 0 Å². The van der Waals surface area contributed by atoms with Crippen molar-refractivity contribution in [3.8, 4) is 22.6 Å². The molecule has 4 nitrogen and oxygen atoms in total. The van der Waals surface area contributed by atoms with Crippen molar-refractivity contribution < 1.29 is 0 Å². The number of aromatic nitrogens is 3. The molecule has 0 aliphatic heterocycles. The summed E-state index contributed by atoms with van der Waals surface area (Å²) in [5, 5.41) is 0. The Morgan fingerprint density at radius 1 is 1.11 bits per heavy atom. The first-order valence-corrected chi connectivity index (χ1v) is 6.07. The van der Waals surface area contributed by atoms with E-state index in [0.717, 1.165) is 28.3 Å². The van der Waals surface area contributed by atoms with Gasteiger partial charge in [-0.15, -0.1) is 0 Å². The van der Waals surface area contributed by atoms with Crippen LogP contribution in [0, 0.1) is 6.92 Å². The molecule has 0 radical (unpaired) electrons. The standard InChI is InChI=1S/C15H14N4/c1-10-14(11-5-3-2-4-6-11)19-15(18-10)12-9-17-8-7-13(12)16/h2-9H,1H3,(H2,16,17)(H,18,19). The minimum absolute atomic E-state index is 0.670. The van der Waals surface area contributed by atoms with Gasteiger partial charge in [0.2, 0.25) is 0 Å². The molecule has 0 aliphatic rings. The van der Waals surface area contributed by atoms with Gasteiger partial charge in [-0.2, -0.15) is 0 Å². The fourth-order valence-electron chi connectivity index (χ4n) is 2.07. The van der Waals surface area contributed by atoms with Gasteiger partial charge in [0, 0.05) is 29.3 Å². The van der Waals surface area contributed by atoms with E-state index in [4.69, 9.17) is 5.73 Å². The van der Waals surface area contributed by atoms with Crippen molar-refractivity contribution in [2.24, 2.45) is 0 Å². The van der Waals surface area contributed by atoms with Crippen LogP contribution < -0.4 is 5.73 Å². The summed E-state index contributed by atoms with van der Waals surface area (Å²) < 4.78 is 0. The van der Waals surface area contributed by atoms with Gasteiger partial charge in [-0.25, -0.2) is 4.98 Å². The van der Waals surface area contributed by atoms with Crippen molar-refractivity contribution in [2.45, 2.75) is 6.92 Å². The molecule has 0 aliphatic carbocycles. The summed E-state index contributed by atoms with van der Waals surface area (Å²) in [5.74, 6) is 0.752. The van der Waals surface area contributed by atoms with E-state index >= 15 is 0 Å². The molecule has 4 heteroatoms. The lowest BCUT2D eigenvalue weighted by Gasteiger charge is -2.00. The summed E-state index contributed by atoms with van der Waals surface area (Å²) in [5.41, 5.74) is 10.5. The molecule has 3 rings (SSSR count). The van der Waals surface area contributed by atoms with Crippen LogP contribution in [0.25, 0.3) is 22.6 Å². The maximum absolute atomic E-state index is 5.95. The number of rotatable bonds is 2. The number of aryl methyl sites for hydroxylation is 1. The molecule has 2 aromatic heterocycles. The number of benzene rings is 1. The number of hydrogen-bond donors (Lipinski definition) is 2. The highest BCUT2D eigenvalue weighted by Crippen LogP contribution is 2.27. The van der Waals surface area contributed by atoms with Crippen LogP contribution in [-0.4, -0.2) is 15.0 Å². The first-order valence-electron chi connectivity index (χ1n) is 6.07. The predicted octanol–water partition coefficient (Wildman–Crippen LogP) is 3.03. The first kappa shape index (κ1) is 11.5. The van der Waals surface area contributed by atoms with E-state index in [1.54, 1.807) is 18.5 Å². The smallest absolute Gasteiger partial charge is 0.141 e. The van der Waals surface area contributed by atoms with Gasteiger partial charge in [-0.05, 0) is 13.0 Å². The number of imidazole rings is 1. The molecule has 19 heavy (non-hydrogen) atoms. The number of nitrogen functional groups attached to an aromatic ring is 1. The second-order valence-electron chi connectivity index (χ2n) is 4.39. The molecule has 0 fully saturated rings. The van der Waals surface area contributed by atoms with Gasteiger partial charge in [0.05, 0.1) is 11.3 Å². The van der Waals surface area contributed by atoms with Crippen molar-refractivity contribution in [1.29, 1.82) is 0 Å². The molecular formula is C15H14N4. The molecule has 1 aromatic carbocycles. The number of anilines is 1. The third-order valence-corrected chi connectivity index (χ3v) is 3.04. The van der Waals surface area contributed by atoms with Crippen molar-refractivity contribution in [1.82, 2.24) is 15.0 Å². The summed E-state index contributed by atoms with van der Waals surface area (Å²) in [6, 6.07) is 11.9. The van der Waals surface area contributed by atoms with Gasteiger partial charge in [-0.1, -0.05) is 30.3 Å². The molecule has 2 heterocycles. The average Bonchev–Trinajstić information content (AvgIpc) is 2.82. The number of hydrogen-bond acceptors (Lipinski definition) is 3. The summed E-state index contributed by atoms with van der Waals surface area (Å²) in [6.07, 6.45) is 3.40. The number of aromatic amines is 1. The third-order valence-electron chi connectivity index (χ3n) is 3.04. The van der Waals surface area contributed by atoms with Crippen LogP contribution >= 0.6 is 0 Å². The number of H-pyrrole nitrogens is 1. The number of nitrogens with two attached hydrogens (primary N) is 1. The van der Waals surface area contributed by atoms with Crippen molar-refractivity contribution >= 4 is 5.69 Å². The van der Waals surface area contributed by atoms with Gasteiger partial charge < -0.3 is 10.7 Å². The highest BCUT2D eigenvalue weighted by molar-refractivity contribution is 5.73. The molecule has 0 saturated carbocycles. The fourth-order valence-corrected chi connectivity index (χ4v) is 2.07. The molecule has 3 aromatic rings. The van der Waals surface area contributed by atoms with E-state index in [2.05, 4.69) is 15.0 Å². The molecule has 0 unspecified atom stereocenters. The van der Waals surface area contributed by atoms with Crippen LogP contribution in [0.15, 0.2) is 48.8 Å². The quantitative estimate of drug-likeness (QED) is 0.734. The lowest BCUT2D eigenvalue weighted by atomic mass is 10.1. The summed E-state index contributed by atoms with van der Waals surface area (Å²) in [6.45, 7) is 2.01. The van der Waals surface area contributed by atoms with E-state index in [-0.39, 0.29) is 0 Å². The fraction of sp³-hybridized carbons (Fsp3) is 0.0667. The van der Waals surface area contributed by atoms with E-state index in [9.17, 15) is 0 Å². The van der Waals surface area contributed by atoms with Crippen molar-refractivity contribution in [3.05, 3.63) is 54.5 Å². The Kier molecular flexibility index (Phi) is 2.76. The molecule has 94 valence electrons. The maximum Gasteiger partial charge on any atom is 0.141 e. The first-order chi connectivity index (χ1) is 9.25. The third kappa shape index (κ3) is 2.08. The second-order valence-corrected chi connectivity index (χ2v) is 4.39. The topological polar surface area (TPSA) is 67.6 Å². The highest BCUT2D eigenvalue weighted by atomic mass is 14.9. The Morgan fingerprint density at radius 2 is 1.89 bits per heavy atom. The van der Waals surface area contributed by atoms with Gasteiger partial charge in [0.1, 0.15) is 5.82 Å². The number of nitrogens with zero attached hydrogens (tertiary/aromatic N) is 2. The normalized spacial score (nSPS) is 10.6. The van der Waals surface area contributed by atoms with E-state index in [1.165, 1.54) is 0 Å². The predicted molar refractivity (Wildman–Crippen MR) is 76.4 cm³/mol. The molecule has 0 amide bonds. The van der Waals surface area contributed by atoms with Crippen LogP contribution in [0.3, 0.4) is 0 Å². The second kappa shape index (κ2) is 4.57. The lowest BCUT2D eigenvalue weighted by molar-refractivity contribution is 1.23. The minimum atomic E-state index is 0.670. The number of pyridine rings is 1. The van der Waals surface area contributed by atoms with Crippen molar-refractivity contribution in [3.63, 3.8) is 0 Å². The zero-order valence-corrected chi connectivity index (χ0v) is 10.6. The molecule has 3 N–H and O–H groups in total. The zero-order chi connectivity index (χ0) is 13.2.